The molecule has 1 fully saturated rings. The Labute approximate surface area is 59.5 Å². The van der Waals surface area contributed by atoms with Crippen LogP contribution in [0.15, 0.2) is 0 Å². The molecule has 1 aliphatic heterocycles. The normalized spacial score (nSPS) is 35.8. The van der Waals surface area contributed by atoms with Gasteiger partial charge in [0.1, 0.15) is 4.83 Å². The second-order valence-electron chi connectivity index (χ2n) is 1.79. The van der Waals surface area contributed by atoms with Gasteiger partial charge in [0.05, 0.1) is 6.42 Å². The number of carbonyl (C=O) groups excluding carboxylic acids is 2. The second-order valence-corrected chi connectivity index (χ2v) is 2.89. The van der Waals surface area contributed by atoms with Gasteiger partial charge in [-0.15, -0.1) is 0 Å². The highest BCUT2D eigenvalue weighted by Crippen LogP contribution is 2.06. The number of amides is 2. The Bertz CT molecular complexity index is 169. The van der Waals surface area contributed by atoms with E-state index in [0.29, 0.717) is 0 Å². The highest BCUT2D eigenvalue weighted by atomic mass is 79.9. The van der Waals surface area contributed by atoms with Gasteiger partial charge in [0.2, 0.25) is 0 Å². The summed E-state index contributed by atoms with van der Waals surface area (Å²) < 4.78 is 0. The largest absolute Gasteiger partial charge is 0.619 e. The molecule has 2 amide bonds. The molecule has 1 rings (SSSR count). The fraction of sp³-hybridized carbons (Fsp3) is 0.500. The van der Waals surface area contributed by atoms with Gasteiger partial charge >= 0.3 is 11.8 Å². The van der Waals surface area contributed by atoms with Crippen LogP contribution in [-0.4, -0.2) is 16.6 Å². The molecule has 0 radical (unpaired) electrons. The monoisotopic (exact) mass is 193 g/mol. The van der Waals surface area contributed by atoms with Crippen LogP contribution in [0, 0.1) is 5.21 Å². The summed E-state index contributed by atoms with van der Waals surface area (Å²) in [5.41, 5.74) is 0. The molecule has 1 saturated heterocycles. The average Bonchev–Trinajstić information content (AvgIpc) is 1.98. The number of hydrogen-bond donors (Lipinski definition) is 1. The third kappa shape index (κ3) is 1.03. The van der Waals surface area contributed by atoms with Crippen molar-refractivity contribution in [1.29, 1.82) is 0 Å². The zero-order valence-electron chi connectivity index (χ0n) is 4.39. The lowest BCUT2D eigenvalue weighted by molar-refractivity contribution is -0.672. The Hall–Kier alpha value is -0.260. The van der Waals surface area contributed by atoms with Crippen molar-refractivity contribution >= 4 is 27.7 Å². The SMILES string of the molecule is O=C1CC(Br)C(=O)[NH+]1[O-]. The van der Waals surface area contributed by atoms with E-state index >= 15 is 0 Å². The van der Waals surface area contributed by atoms with E-state index in [1.807, 2.05) is 0 Å². The zero-order valence-corrected chi connectivity index (χ0v) is 5.97. The molecule has 0 aliphatic carbocycles. The van der Waals surface area contributed by atoms with Gasteiger partial charge in [-0.05, 0) is 0 Å². The van der Waals surface area contributed by atoms with E-state index in [4.69, 9.17) is 0 Å². The van der Waals surface area contributed by atoms with Crippen LogP contribution in [0.1, 0.15) is 6.42 Å². The smallest absolute Gasteiger partial charge is 0.333 e. The fourth-order valence-electron chi connectivity index (χ4n) is 0.628. The lowest BCUT2D eigenvalue weighted by atomic mass is 10.4. The zero-order chi connectivity index (χ0) is 7.02. The van der Waals surface area contributed by atoms with Gasteiger partial charge in [-0.3, -0.25) is 0 Å². The molecular weight excluding hydrogens is 190 g/mol. The summed E-state index contributed by atoms with van der Waals surface area (Å²) in [5, 5.41) is 9.52. The number of rotatable bonds is 0. The van der Waals surface area contributed by atoms with Crippen LogP contribution in [0.5, 0.6) is 0 Å². The Morgan fingerprint density at radius 1 is 1.67 bits per heavy atom. The van der Waals surface area contributed by atoms with E-state index in [1.54, 1.807) is 0 Å². The maximum absolute atomic E-state index is 10.5. The number of alkyl halides is 1. The van der Waals surface area contributed by atoms with Gasteiger partial charge in [0.15, 0.2) is 0 Å². The maximum Gasteiger partial charge on any atom is 0.333 e. The van der Waals surface area contributed by atoms with Crippen LogP contribution in [0.4, 0.5) is 0 Å². The van der Waals surface area contributed by atoms with Gasteiger partial charge in [-0.2, -0.15) is 0 Å². The molecule has 1 aliphatic rings. The third-order valence-corrected chi connectivity index (χ3v) is 1.87. The first-order chi connectivity index (χ1) is 4.13. The van der Waals surface area contributed by atoms with E-state index in [0.717, 1.165) is 0 Å². The van der Waals surface area contributed by atoms with Crippen LogP contribution in [0.2, 0.25) is 0 Å². The minimum absolute atomic E-state index is 0.0255. The Morgan fingerprint density at radius 3 is 2.33 bits per heavy atom. The number of hydrogen-bond acceptors (Lipinski definition) is 3. The number of halogens is 1. The number of carbonyl (C=O) groups is 2. The molecule has 1 heterocycles. The van der Waals surface area contributed by atoms with Crippen LogP contribution in [-0.2, 0) is 9.59 Å². The molecule has 0 aromatic rings. The van der Waals surface area contributed by atoms with Gasteiger partial charge < -0.3 is 5.21 Å². The standard InChI is InChI=1S/C4H4BrNO3/c5-2-1-3(7)6(9)4(2)8/h2,6H,1H2. The lowest BCUT2D eigenvalue weighted by Crippen LogP contribution is -3.10. The summed E-state index contributed by atoms with van der Waals surface area (Å²) in [6.45, 7) is 0. The Kier molecular flexibility index (Phi) is 1.65. The van der Waals surface area contributed by atoms with Crippen molar-refractivity contribution in [2.75, 3.05) is 0 Å². The topological polar surface area (TPSA) is 61.6 Å². The number of hydroxylamine groups is 2. The minimum Gasteiger partial charge on any atom is -0.619 e. The number of imide groups is 1. The van der Waals surface area contributed by atoms with Gasteiger partial charge in [-0.25, -0.2) is 14.7 Å². The van der Waals surface area contributed by atoms with Crippen molar-refractivity contribution in [3.8, 4) is 0 Å². The molecule has 2 unspecified atom stereocenters. The number of quaternary nitrogens is 1. The molecule has 9 heavy (non-hydrogen) atoms. The number of nitrogens with one attached hydrogen (secondary N) is 1. The van der Waals surface area contributed by atoms with E-state index < -0.39 is 21.7 Å². The Morgan fingerprint density at radius 2 is 2.22 bits per heavy atom. The van der Waals surface area contributed by atoms with E-state index in [9.17, 15) is 14.8 Å². The molecule has 0 aromatic carbocycles. The van der Waals surface area contributed by atoms with Gasteiger partial charge in [0.25, 0.3) is 0 Å². The predicted octanol–water partition coefficient (Wildman–Crippen LogP) is -1.41. The van der Waals surface area contributed by atoms with Crippen molar-refractivity contribution in [3.05, 3.63) is 5.21 Å². The first-order valence-electron chi connectivity index (χ1n) is 2.38. The van der Waals surface area contributed by atoms with Crippen LogP contribution >= 0.6 is 15.9 Å². The average molecular weight is 194 g/mol. The van der Waals surface area contributed by atoms with Crippen molar-refractivity contribution in [3.63, 3.8) is 0 Å². The summed E-state index contributed by atoms with van der Waals surface area (Å²) in [4.78, 5) is 20.3. The molecule has 0 bridgehead atoms. The van der Waals surface area contributed by atoms with E-state index in [-0.39, 0.29) is 6.42 Å². The molecule has 0 spiro atoms. The second kappa shape index (κ2) is 2.17. The summed E-state index contributed by atoms with van der Waals surface area (Å²) >= 11 is 2.89. The molecule has 50 valence electrons. The van der Waals surface area contributed by atoms with Crippen LogP contribution in [0.3, 0.4) is 0 Å². The summed E-state index contributed by atoms with van der Waals surface area (Å²) in [7, 11) is 0. The molecule has 1 N–H and O–H groups in total. The van der Waals surface area contributed by atoms with E-state index in [2.05, 4.69) is 15.9 Å². The Balaban J connectivity index is 2.77. The van der Waals surface area contributed by atoms with E-state index in [1.165, 1.54) is 0 Å². The summed E-state index contributed by atoms with van der Waals surface area (Å²) in [6, 6.07) is 0. The van der Waals surface area contributed by atoms with Crippen molar-refractivity contribution < 1.29 is 14.7 Å². The first kappa shape index (κ1) is 6.85. The summed E-state index contributed by atoms with van der Waals surface area (Å²) in [6.07, 6.45) is 0.0255. The first-order valence-corrected chi connectivity index (χ1v) is 3.30. The minimum atomic E-state index is -0.864. The fourth-order valence-corrected chi connectivity index (χ4v) is 1.13. The van der Waals surface area contributed by atoms with Crippen molar-refractivity contribution in [2.24, 2.45) is 0 Å². The van der Waals surface area contributed by atoms with Crippen molar-refractivity contribution in [1.82, 2.24) is 0 Å². The molecule has 0 aromatic heterocycles. The van der Waals surface area contributed by atoms with Crippen LogP contribution in [0.25, 0.3) is 0 Å². The molecule has 5 heteroatoms. The van der Waals surface area contributed by atoms with Crippen LogP contribution < -0.4 is 5.06 Å². The predicted molar refractivity (Wildman–Crippen MR) is 31.7 cm³/mol. The lowest BCUT2D eigenvalue weighted by Gasteiger charge is -2.07. The summed E-state index contributed by atoms with van der Waals surface area (Å²) in [5.74, 6) is -1.19. The quantitative estimate of drug-likeness (QED) is 0.292. The molecule has 4 nitrogen and oxygen atoms in total. The van der Waals surface area contributed by atoms with Gasteiger partial charge in [0, 0.05) is 0 Å². The highest BCUT2D eigenvalue weighted by molar-refractivity contribution is 9.10. The maximum atomic E-state index is 10.5. The van der Waals surface area contributed by atoms with Crippen molar-refractivity contribution in [2.45, 2.75) is 11.2 Å². The van der Waals surface area contributed by atoms with Gasteiger partial charge in [-0.1, -0.05) is 15.9 Å². The highest BCUT2D eigenvalue weighted by Gasteiger charge is 2.37. The molecule has 0 saturated carbocycles. The third-order valence-electron chi connectivity index (χ3n) is 1.13. The molecular formula is C4H4BrNO3. The molecule has 2 atom stereocenters.